The number of nitrogens with one attached hydrogen (secondary N) is 1. The van der Waals surface area contributed by atoms with Gasteiger partial charge in [-0.05, 0) is 48.9 Å². The van der Waals surface area contributed by atoms with Gasteiger partial charge in [-0.3, -0.25) is 0 Å². The zero-order chi connectivity index (χ0) is 13.4. The van der Waals surface area contributed by atoms with E-state index < -0.39 is 0 Å². The fraction of sp³-hybridized carbons (Fsp3) is 0.600. The molecule has 0 bridgehead atoms. The van der Waals surface area contributed by atoms with Gasteiger partial charge in [0.2, 0.25) is 0 Å². The zero-order valence-corrected chi connectivity index (χ0v) is 12.4. The normalized spacial score (nSPS) is 12.9. The minimum Gasteiger partial charge on any atom is -0.314 e. The molecule has 0 radical (unpaired) electrons. The van der Waals surface area contributed by atoms with E-state index in [0.717, 1.165) is 30.7 Å². The highest BCUT2D eigenvalue weighted by Gasteiger charge is 2.12. The maximum atomic E-state index is 13.6. The standard InChI is InChI=1S/C15H24FNS/c1-12(2)17-11-13(8-9-18-3)10-14-6-4-5-7-15(14)16/h4-7,12-13,17H,8-11H2,1-3H3. The average Bonchev–Trinajstić information content (AvgIpc) is 2.35. The van der Waals surface area contributed by atoms with E-state index in [-0.39, 0.29) is 5.82 Å². The lowest BCUT2D eigenvalue weighted by Gasteiger charge is -2.19. The number of thioether (sulfide) groups is 1. The van der Waals surface area contributed by atoms with Crippen molar-refractivity contribution in [1.82, 2.24) is 5.32 Å². The molecule has 1 aromatic rings. The summed E-state index contributed by atoms with van der Waals surface area (Å²) in [5.41, 5.74) is 0.842. The average molecular weight is 269 g/mol. The van der Waals surface area contributed by atoms with Gasteiger partial charge < -0.3 is 5.32 Å². The first-order valence-electron chi connectivity index (χ1n) is 6.59. The third-order valence-corrected chi connectivity index (χ3v) is 3.66. The van der Waals surface area contributed by atoms with Crippen molar-refractivity contribution in [3.8, 4) is 0 Å². The van der Waals surface area contributed by atoms with E-state index in [1.807, 2.05) is 23.9 Å². The van der Waals surface area contributed by atoms with Crippen LogP contribution in [0, 0.1) is 11.7 Å². The molecule has 0 saturated carbocycles. The lowest BCUT2D eigenvalue weighted by Crippen LogP contribution is -2.30. The molecule has 0 amide bonds. The lowest BCUT2D eigenvalue weighted by molar-refractivity contribution is 0.432. The first kappa shape index (κ1) is 15.5. The Bertz CT molecular complexity index is 341. The van der Waals surface area contributed by atoms with Crippen LogP contribution in [0.4, 0.5) is 4.39 Å². The zero-order valence-electron chi connectivity index (χ0n) is 11.6. The van der Waals surface area contributed by atoms with Gasteiger partial charge in [-0.25, -0.2) is 4.39 Å². The lowest BCUT2D eigenvalue weighted by atomic mass is 9.96. The van der Waals surface area contributed by atoms with Crippen LogP contribution < -0.4 is 5.32 Å². The van der Waals surface area contributed by atoms with E-state index in [9.17, 15) is 4.39 Å². The Hall–Kier alpha value is -0.540. The van der Waals surface area contributed by atoms with Gasteiger partial charge in [0.1, 0.15) is 5.82 Å². The SMILES string of the molecule is CSCCC(CNC(C)C)Cc1ccccc1F. The molecule has 0 aliphatic heterocycles. The fourth-order valence-electron chi connectivity index (χ4n) is 1.94. The van der Waals surface area contributed by atoms with Crippen LogP contribution in [0.25, 0.3) is 0 Å². The number of benzene rings is 1. The van der Waals surface area contributed by atoms with E-state index in [0.29, 0.717) is 12.0 Å². The minimum absolute atomic E-state index is 0.0730. The van der Waals surface area contributed by atoms with Gasteiger partial charge in [0.05, 0.1) is 0 Å². The molecule has 1 nitrogen and oxygen atoms in total. The van der Waals surface area contributed by atoms with Crippen LogP contribution in [0.15, 0.2) is 24.3 Å². The maximum absolute atomic E-state index is 13.6. The van der Waals surface area contributed by atoms with Crippen molar-refractivity contribution in [3.05, 3.63) is 35.6 Å². The topological polar surface area (TPSA) is 12.0 Å². The Morgan fingerprint density at radius 1 is 1.28 bits per heavy atom. The monoisotopic (exact) mass is 269 g/mol. The molecule has 1 aromatic carbocycles. The van der Waals surface area contributed by atoms with Gasteiger partial charge >= 0.3 is 0 Å². The summed E-state index contributed by atoms with van der Waals surface area (Å²) in [7, 11) is 0. The van der Waals surface area contributed by atoms with Crippen LogP contribution in [0.1, 0.15) is 25.8 Å². The Labute approximate surface area is 115 Å². The first-order chi connectivity index (χ1) is 8.63. The summed E-state index contributed by atoms with van der Waals surface area (Å²) in [6, 6.07) is 7.61. The van der Waals surface area contributed by atoms with Crippen molar-refractivity contribution in [1.29, 1.82) is 0 Å². The smallest absolute Gasteiger partial charge is 0.126 e. The molecule has 0 aliphatic rings. The van der Waals surface area contributed by atoms with Gasteiger partial charge in [-0.15, -0.1) is 0 Å². The van der Waals surface area contributed by atoms with Crippen LogP contribution in [-0.2, 0) is 6.42 Å². The van der Waals surface area contributed by atoms with Gasteiger partial charge in [0.25, 0.3) is 0 Å². The molecule has 102 valence electrons. The van der Waals surface area contributed by atoms with E-state index >= 15 is 0 Å². The summed E-state index contributed by atoms with van der Waals surface area (Å²) in [5, 5.41) is 3.46. The third-order valence-electron chi connectivity index (χ3n) is 3.01. The van der Waals surface area contributed by atoms with Crippen LogP contribution in [0.5, 0.6) is 0 Å². The van der Waals surface area contributed by atoms with Gasteiger partial charge in [0, 0.05) is 6.04 Å². The van der Waals surface area contributed by atoms with Gasteiger partial charge in [-0.1, -0.05) is 32.0 Å². The summed E-state index contributed by atoms with van der Waals surface area (Å²) >= 11 is 1.86. The highest BCUT2D eigenvalue weighted by atomic mass is 32.2. The van der Waals surface area contributed by atoms with E-state index in [4.69, 9.17) is 0 Å². The number of rotatable bonds is 8. The summed E-state index contributed by atoms with van der Waals surface area (Å²) in [6.07, 6.45) is 4.08. The quantitative estimate of drug-likeness (QED) is 0.771. The third kappa shape index (κ3) is 5.87. The largest absolute Gasteiger partial charge is 0.314 e. The summed E-state index contributed by atoms with van der Waals surface area (Å²) < 4.78 is 13.6. The molecular weight excluding hydrogens is 245 g/mol. The van der Waals surface area contributed by atoms with Gasteiger partial charge in [-0.2, -0.15) is 11.8 Å². The van der Waals surface area contributed by atoms with Crippen molar-refractivity contribution in [2.45, 2.75) is 32.7 Å². The minimum atomic E-state index is -0.0730. The predicted molar refractivity (Wildman–Crippen MR) is 79.7 cm³/mol. The van der Waals surface area contributed by atoms with Crippen molar-refractivity contribution in [3.63, 3.8) is 0 Å². The molecule has 0 aliphatic carbocycles. The number of hydrogen-bond donors (Lipinski definition) is 1. The van der Waals surface area contributed by atoms with Crippen molar-refractivity contribution >= 4 is 11.8 Å². The van der Waals surface area contributed by atoms with Gasteiger partial charge in [0.15, 0.2) is 0 Å². The Morgan fingerprint density at radius 2 is 2.00 bits per heavy atom. The molecule has 18 heavy (non-hydrogen) atoms. The second kappa shape index (κ2) is 8.54. The molecule has 0 aromatic heterocycles. The Morgan fingerprint density at radius 3 is 2.61 bits per heavy atom. The second-order valence-electron chi connectivity index (χ2n) is 5.01. The molecule has 0 heterocycles. The van der Waals surface area contributed by atoms with Crippen LogP contribution >= 0.6 is 11.8 Å². The van der Waals surface area contributed by atoms with Crippen molar-refractivity contribution < 1.29 is 4.39 Å². The summed E-state index contributed by atoms with van der Waals surface area (Å²) in [4.78, 5) is 0. The highest BCUT2D eigenvalue weighted by Crippen LogP contribution is 2.16. The van der Waals surface area contributed by atoms with E-state index in [2.05, 4.69) is 25.4 Å². The Kier molecular flexibility index (Phi) is 7.36. The summed E-state index contributed by atoms with van der Waals surface area (Å²) in [6.45, 7) is 5.26. The molecule has 0 fully saturated rings. The van der Waals surface area contributed by atoms with Crippen molar-refractivity contribution in [2.24, 2.45) is 5.92 Å². The summed E-state index contributed by atoms with van der Waals surface area (Å²) in [5.74, 6) is 1.58. The molecular formula is C15H24FNS. The molecule has 0 saturated heterocycles. The molecule has 3 heteroatoms. The van der Waals surface area contributed by atoms with Crippen LogP contribution in [0.2, 0.25) is 0 Å². The fourth-order valence-corrected chi connectivity index (χ4v) is 2.51. The number of hydrogen-bond acceptors (Lipinski definition) is 2. The molecule has 0 spiro atoms. The number of halogens is 1. The molecule has 1 unspecified atom stereocenters. The first-order valence-corrected chi connectivity index (χ1v) is 7.98. The molecule has 1 N–H and O–H groups in total. The highest BCUT2D eigenvalue weighted by molar-refractivity contribution is 7.98. The second-order valence-corrected chi connectivity index (χ2v) is 5.99. The molecule has 1 rings (SSSR count). The Balaban J connectivity index is 2.56. The molecule has 1 atom stereocenters. The van der Waals surface area contributed by atoms with Crippen LogP contribution in [-0.4, -0.2) is 24.6 Å². The van der Waals surface area contributed by atoms with E-state index in [1.54, 1.807) is 12.1 Å². The van der Waals surface area contributed by atoms with E-state index in [1.165, 1.54) is 0 Å². The van der Waals surface area contributed by atoms with Crippen molar-refractivity contribution in [2.75, 3.05) is 18.6 Å². The van der Waals surface area contributed by atoms with Crippen LogP contribution in [0.3, 0.4) is 0 Å². The predicted octanol–water partition coefficient (Wildman–Crippen LogP) is 3.74. The maximum Gasteiger partial charge on any atom is 0.126 e.